The third-order valence-corrected chi connectivity index (χ3v) is 4.86. The van der Waals surface area contributed by atoms with E-state index in [1.165, 1.54) is 12.0 Å². The van der Waals surface area contributed by atoms with Crippen molar-refractivity contribution in [1.29, 1.82) is 0 Å². The molecule has 2 aliphatic rings. The van der Waals surface area contributed by atoms with Crippen molar-refractivity contribution < 1.29 is 4.74 Å². The maximum absolute atomic E-state index is 5.48. The summed E-state index contributed by atoms with van der Waals surface area (Å²) in [6.45, 7) is 9.97. The molecule has 1 aromatic rings. The van der Waals surface area contributed by atoms with Gasteiger partial charge in [-0.25, -0.2) is 0 Å². The molecule has 2 heterocycles. The second kappa shape index (κ2) is 9.04. The molecule has 1 unspecified atom stereocenters. The molecule has 2 saturated heterocycles. The van der Waals surface area contributed by atoms with Crippen LogP contribution < -0.4 is 5.32 Å². The average molecular weight is 330 g/mol. The summed E-state index contributed by atoms with van der Waals surface area (Å²) in [5, 5.41) is 3.47. The van der Waals surface area contributed by atoms with Crippen molar-refractivity contribution in [2.45, 2.75) is 25.8 Å². The molecule has 3 rings (SSSR count). The second-order valence-corrected chi connectivity index (χ2v) is 6.51. The van der Waals surface area contributed by atoms with Crippen molar-refractivity contribution in [2.75, 3.05) is 52.5 Å². The van der Waals surface area contributed by atoms with Crippen LogP contribution in [0.5, 0.6) is 0 Å². The molecule has 0 aromatic heterocycles. The van der Waals surface area contributed by atoms with E-state index < -0.39 is 0 Å². The molecule has 2 fully saturated rings. The van der Waals surface area contributed by atoms with Crippen molar-refractivity contribution in [3.63, 3.8) is 0 Å². The van der Waals surface area contributed by atoms with E-state index in [4.69, 9.17) is 9.73 Å². The Morgan fingerprint density at radius 2 is 2.00 bits per heavy atom. The first-order valence-corrected chi connectivity index (χ1v) is 9.26. The van der Waals surface area contributed by atoms with E-state index in [1.54, 1.807) is 0 Å². The van der Waals surface area contributed by atoms with Crippen LogP contribution in [0.3, 0.4) is 0 Å². The molecule has 0 aliphatic carbocycles. The third kappa shape index (κ3) is 4.71. The van der Waals surface area contributed by atoms with Gasteiger partial charge in [-0.1, -0.05) is 30.3 Å². The van der Waals surface area contributed by atoms with Crippen LogP contribution in [-0.2, 0) is 11.2 Å². The fourth-order valence-electron chi connectivity index (χ4n) is 3.54. The molecule has 132 valence electrons. The lowest BCUT2D eigenvalue weighted by molar-refractivity contribution is 0.0195. The van der Waals surface area contributed by atoms with Gasteiger partial charge in [-0.15, -0.1) is 0 Å². The number of guanidine groups is 1. The molecule has 0 spiro atoms. The van der Waals surface area contributed by atoms with Gasteiger partial charge in [0.15, 0.2) is 5.96 Å². The summed E-state index contributed by atoms with van der Waals surface area (Å²) in [7, 11) is 0. The van der Waals surface area contributed by atoms with Crippen LogP contribution in [0, 0.1) is 0 Å². The van der Waals surface area contributed by atoms with Crippen LogP contribution in [-0.4, -0.2) is 74.3 Å². The molecular formula is C19H30N4O. The highest BCUT2D eigenvalue weighted by Crippen LogP contribution is 2.17. The van der Waals surface area contributed by atoms with Gasteiger partial charge < -0.3 is 15.0 Å². The Hall–Kier alpha value is -1.59. The highest BCUT2D eigenvalue weighted by atomic mass is 16.5. The number of benzene rings is 1. The summed E-state index contributed by atoms with van der Waals surface area (Å²) in [5.41, 5.74) is 1.35. The monoisotopic (exact) mass is 330 g/mol. The van der Waals surface area contributed by atoms with Crippen molar-refractivity contribution in [2.24, 2.45) is 4.99 Å². The van der Waals surface area contributed by atoms with Gasteiger partial charge in [-0.05, 0) is 25.3 Å². The quantitative estimate of drug-likeness (QED) is 0.658. The summed E-state index contributed by atoms with van der Waals surface area (Å²) in [6.07, 6.45) is 2.22. The Labute approximate surface area is 145 Å². The molecular weight excluding hydrogens is 300 g/mol. The van der Waals surface area contributed by atoms with Crippen molar-refractivity contribution in [3.8, 4) is 0 Å². The van der Waals surface area contributed by atoms with E-state index in [2.05, 4.69) is 52.4 Å². The van der Waals surface area contributed by atoms with Gasteiger partial charge in [0.05, 0.1) is 13.2 Å². The molecule has 0 saturated carbocycles. The number of aliphatic imine (C=N–C) groups is 1. The highest BCUT2D eigenvalue weighted by Gasteiger charge is 2.30. The molecule has 1 aromatic carbocycles. The van der Waals surface area contributed by atoms with Gasteiger partial charge in [0, 0.05) is 45.3 Å². The maximum Gasteiger partial charge on any atom is 0.193 e. The number of likely N-dealkylation sites (tertiary alicyclic amines) is 1. The molecule has 2 aliphatic heterocycles. The van der Waals surface area contributed by atoms with E-state index >= 15 is 0 Å². The Balaban J connectivity index is 1.53. The van der Waals surface area contributed by atoms with Gasteiger partial charge in [0.25, 0.3) is 0 Å². The van der Waals surface area contributed by atoms with Crippen LogP contribution in [0.4, 0.5) is 0 Å². The minimum Gasteiger partial charge on any atom is -0.379 e. The van der Waals surface area contributed by atoms with E-state index in [1.807, 2.05) is 0 Å². The van der Waals surface area contributed by atoms with E-state index in [0.29, 0.717) is 6.04 Å². The number of ether oxygens (including phenoxy) is 1. The first-order chi connectivity index (χ1) is 11.9. The topological polar surface area (TPSA) is 40.1 Å². The zero-order valence-corrected chi connectivity index (χ0v) is 14.8. The Kier molecular flexibility index (Phi) is 6.49. The van der Waals surface area contributed by atoms with Crippen molar-refractivity contribution in [3.05, 3.63) is 35.9 Å². The lowest BCUT2D eigenvalue weighted by atomic mass is 10.2. The molecule has 0 bridgehead atoms. The predicted octanol–water partition coefficient (Wildman–Crippen LogP) is 1.60. The van der Waals surface area contributed by atoms with Gasteiger partial charge in [0.2, 0.25) is 0 Å². The minimum atomic E-state index is 0.645. The van der Waals surface area contributed by atoms with Crippen LogP contribution in [0.1, 0.15) is 18.9 Å². The Bertz CT molecular complexity index is 513. The van der Waals surface area contributed by atoms with Gasteiger partial charge >= 0.3 is 0 Å². The van der Waals surface area contributed by atoms with E-state index in [-0.39, 0.29) is 0 Å². The lowest BCUT2D eigenvalue weighted by Crippen LogP contribution is -2.46. The Morgan fingerprint density at radius 1 is 1.21 bits per heavy atom. The second-order valence-electron chi connectivity index (χ2n) is 6.51. The smallest absolute Gasteiger partial charge is 0.193 e. The largest absolute Gasteiger partial charge is 0.379 e. The van der Waals surface area contributed by atoms with Gasteiger partial charge in [-0.3, -0.25) is 9.89 Å². The third-order valence-electron chi connectivity index (χ3n) is 4.86. The summed E-state index contributed by atoms with van der Waals surface area (Å²) in [4.78, 5) is 9.86. The molecule has 5 nitrogen and oxygen atoms in total. The average Bonchev–Trinajstić information content (AvgIpc) is 3.13. The zero-order chi connectivity index (χ0) is 16.6. The normalized spacial score (nSPS) is 22.8. The number of morpholine rings is 1. The highest BCUT2D eigenvalue weighted by molar-refractivity contribution is 5.80. The van der Waals surface area contributed by atoms with Crippen LogP contribution in [0.2, 0.25) is 0 Å². The maximum atomic E-state index is 5.48. The zero-order valence-electron chi connectivity index (χ0n) is 14.8. The lowest BCUT2D eigenvalue weighted by Gasteiger charge is -2.32. The molecule has 0 radical (unpaired) electrons. The minimum absolute atomic E-state index is 0.645. The fourth-order valence-corrected chi connectivity index (χ4v) is 3.54. The van der Waals surface area contributed by atoms with Gasteiger partial charge in [0.1, 0.15) is 0 Å². The van der Waals surface area contributed by atoms with Crippen molar-refractivity contribution >= 4 is 5.96 Å². The summed E-state index contributed by atoms with van der Waals surface area (Å²) in [5.74, 6) is 1.07. The number of hydrogen-bond donors (Lipinski definition) is 1. The standard InChI is InChI=1S/C19H30N4O/c1-2-20-19(21-10-8-17-6-4-3-5-7-17)23-11-9-18(16-23)22-12-14-24-15-13-22/h3-7,18H,2,8-16H2,1H3,(H,20,21). The number of nitrogens with one attached hydrogen (secondary N) is 1. The number of nitrogens with zero attached hydrogens (tertiary/aromatic N) is 3. The van der Waals surface area contributed by atoms with Crippen LogP contribution >= 0.6 is 0 Å². The molecule has 1 atom stereocenters. The molecule has 1 N–H and O–H groups in total. The van der Waals surface area contributed by atoms with Crippen LogP contribution in [0.15, 0.2) is 35.3 Å². The molecule has 0 amide bonds. The first-order valence-electron chi connectivity index (χ1n) is 9.26. The molecule has 5 heteroatoms. The summed E-state index contributed by atoms with van der Waals surface area (Å²) in [6, 6.07) is 11.2. The fraction of sp³-hybridized carbons (Fsp3) is 0.632. The summed E-state index contributed by atoms with van der Waals surface area (Å²) < 4.78 is 5.48. The van der Waals surface area contributed by atoms with Crippen molar-refractivity contribution in [1.82, 2.24) is 15.1 Å². The predicted molar refractivity (Wildman–Crippen MR) is 98.5 cm³/mol. The number of hydrogen-bond acceptors (Lipinski definition) is 3. The van der Waals surface area contributed by atoms with Gasteiger partial charge in [-0.2, -0.15) is 0 Å². The number of rotatable bonds is 5. The summed E-state index contributed by atoms with van der Waals surface area (Å²) >= 11 is 0. The SMILES string of the molecule is CCNC(=NCCc1ccccc1)N1CCC(N2CCOCC2)C1. The molecule has 24 heavy (non-hydrogen) atoms. The van der Waals surface area contributed by atoms with E-state index in [9.17, 15) is 0 Å². The first kappa shape index (κ1) is 17.2. The van der Waals surface area contributed by atoms with E-state index in [0.717, 1.165) is 64.9 Å². The Morgan fingerprint density at radius 3 is 2.75 bits per heavy atom. The van der Waals surface area contributed by atoms with Crippen LogP contribution in [0.25, 0.3) is 0 Å².